The second-order valence-corrected chi connectivity index (χ2v) is 6.29. The molecule has 0 saturated carbocycles. The highest BCUT2D eigenvalue weighted by Crippen LogP contribution is 2.16. The molecule has 24 heavy (non-hydrogen) atoms. The lowest BCUT2D eigenvalue weighted by Crippen LogP contribution is -2.32. The van der Waals surface area contributed by atoms with Crippen molar-refractivity contribution in [3.63, 3.8) is 0 Å². The molecule has 3 rings (SSSR count). The minimum Gasteiger partial charge on any atom is -0.373 e. The Balaban J connectivity index is 1.82. The van der Waals surface area contributed by atoms with Crippen LogP contribution in [-0.4, -0.2) is 19.5 Å². The number of pyridine rings is 1. The maximum atomic E-state index is 5.80. The smallest absolute Gasteiger partial charge is 0.212 e. The van der Waals surface area contributed by atoms with Crippen LogP contribution in [0, 0.1) is 0 Å². The Bertz CT molecular complexity index is 853. The van der Waals surface area contributed by atoms with Crippen molar-refractivity contribution in [2.75, 3.05) is 24.4 Å². The lowest BCUT2D eigenvalue weighted by Gasteiger charge is -2.17. The van der Waals surface area contributed by atoms with Crippen LogP contribution >= 0.6 is 11.6 Å². The molecule has 0 saturated heterocycles. The highest BCUT2D eigenvalue weighted by Gasteiger charge is 2.08. The molecule has 2 aromatic carbocycles. The molecule has 3 aromatic rings. The van der Waals surface area contributed by atoms with E-state index in [0.717, 1.165) is 6.54 Å². The maximum absolute atomic E-state index is 5.80. The van der Waals surface area contributed by atoms with Gasteiger partial charge in [0.15, 0.2) is 0 Å². The standard InChI is InChI=1S/C21H22ClN2/c1-23(16-15-22)19-11-7-17(8-12-19)9-13-20-14-10-18-5-3-4-6-21(18)24(20)2/h3-14H,15-16H2,1-2H3/q+1. The first-order valence-electron chi connectivity index (χ1n) is 8.12. The number of nitrogens with zero attached hydrogens (tertiary/aromatic N) is 2. The number of fused-ring (bicyclic) bond motifs is 1. The van der Waals surface area contributed by atoms with Crippen molar-refractivity contribution in [3.8, 4) is 0 Å². The van der Waals surface area contributed by atoms with Gasteiger partial charge in [0.1, 0.15) is 7.05 Å². The van der Waals surface area contributed by atoms with Crippen molar-refractivity contribution in [2.24, 2.45) is 7.05 Å². The summed E-state index contributed by atoms with van der Waals surface area (Å²) in [6.07, 6.45) is 4.30. The Morgan fingerprint density at radius 2 is 1.71 bits per heavy atom. The molecule has 0 unspecified atom stereocenters. The topological polar surface area (TPSA) is 7.12 Å². The summed E-state index contributed by atoms with van der Waals surface area (Å²) in [5.74, 6) is 0.636. The van der Waals surface area contributed by atoms with Crippen LogP contribution in [0.3, 0.4) is 0 Å². The van der Waals surface area contributed by atoms with Crippen LogP contribution in [-0.2, 0) is 7.05 Å². The van der Waals surface area contributed by atoms with Crippen molar-refractivity contribution < 1.29 is 4.57 Å². The van der Waals surface area contributed by atoms with Crippen molar-refractivity contribution in [3.05, 3.63) is 71.9 Å². The van der Waals surface area contributed by atoms with E-state index in [0.29, 0.717) is 5.88 Å². The van der Waals surface area contributed by atoms with Gasteiger partial charge < -0.3 is 4.90 Å². The molecular weight excluding hydrogens is 316 g/mol. The first-order chi connectivity index (χ1) is 11.7. The Morgan fingerprint density at radius 3 is 2.46 bits per heavy atom. The fourth-order valence-electron chi connectivity index (χ4n) is 2.80. The average molecular weight is 338 g/mol. The molecule has 1 aromatic heterocycles. The number of alkyl halides is 1. The largest absolute Gasteiger partial charge is 0.373 e. The minimum atomic E-state index is 0.636. The quantitative estimate of drug-likeness (QED) is 0.491. The fourth-order valence-corrected chi connectivity index (χ4v) is 3.06. The predicted molar refractivity (Wildman–Crippen MR) is 104 cm³/mol. The van der Waals surface area contributed by atoms with Crippen LogP contribution < -0.4 is 9.47 Å². The average Bonchev–Trinajstić information content (AvgIpc) is 2.62. The van der Waals surface area contributed by atoms with E-state index in [1.54, 1.807) is 0 Å². The van der Waals surface area contributed by atoms with E-state index in [1.807, 2.05) is 0 Å². The van der Waals surface area contributed by atoms with E-state index < -0.39 is 0 Å². The van der Waals surface area contributed by atoms with Gasteiger partial charge in [0.05, 0.1) is 0 Å². The summed E-state index contributed by atoms with van der Waals surface area (Å²) in [7, 11) is 4.16. The van der Waals surface area contributed by atoms with Crippen LogP contribution in [0.5, 0.6) is 0 Å². The van der Waals surface area contributed by atoms with Crippen molar-refractivity contribution in [2.45, 2.75) is 0 Å². The van der Waals surface area contributed by atoms with Crippen LogP contribution in [0.4, 0.5) is 5.69 Å². The second-order valence-electron chi connectivity index (χ2n) is 5.91. The summed E-state index contributed by atoms with van der Waals surface area (Å²) in [5, 5.41) is 1.25. The third-order valence-corrected chi connectivity index (χ3v) is 4.49. The lowest BCUT2D eigenvalue weighted by atomic mass is 10.1. The maximum Gasteiger partial charge on any atom is 0.212 e. The number of para-hydroxylation sites is 1. The van der Waals surface area contributed by atoms with Crippen molar-refractivity contribution in [1.29, 1.82) is 0 Å². The summed E-state index contributed by atoms with van der Waals surface area (Å²) < 4.78 is 2.22. The molecule has 0 aliphatic rings. The highest BCUT2D eigenvalue weighted by atomic mass is 35.5. The zero-order valence-electron chi connectivity index (χ0n) is 14.1. The van der Waals surface area contributed by atoms with E-state index >= 15 is 0 Å². The fraction of sp³-hybridized carbons (Fsp3) is 0.190. The van der Waals surface area contributed by atoms with Gasteiger partial charge in [0.25, 0.3) is 0 Å². The van der Waals surface area contributed by atoms with Crippen LogP contribution in [0.1, 0.15) is 11.3 Å². The van der Waals surface area contributed by atoms with Crippen LogP contribution in [0.15, 0.2) is 60.7 Å². The number of anilines is 1. The molecule has 0 aliphatic heterocycles. The molecule has 0 fully saturated rings. The summed E-state index contributed by atoms with van der Waals surface area (Å²) in [6, 6.07) is 21.3. The van der Waals surface area contributed by atoms with Gasteiger partial charge in [0, 0.05) is 48.8 Å². The van der Waals surface area contributed by atoms with Gasteiger partial charge in [-0.25, -0.2) is 0 Å². The molecule has 0 spiro atoms. The Hall–Kier alpha value is -2.32. The third-order valence-electron chi connectivity index (χ3n) is 4.32. The normalized spacial score (nSPS) is 11.3. The molecule has 3 heteroatoms. The van der Waals surface area contributed by atoms with Gasteiger partial charge in [-0.1, -0.05) is 24.3 Å². The second kappa shape index (κ2) is 7.50. The molecule has 0 amide bonds. The molecule has 0 atom stereocenters. The van der Waals surface area contributed by atoms with E-state index in [4.69, 9.17) is 11.6 Å². The lowest BCUT2D eigenvalue weighted by molar-refractivity contribution is -0.646. The minimum absolute atomic E-state index is 0.636. The molecule has 0 aliphatic carbocycles. The van der Waals surface area contributed by atoms with E-state index in [2.05, 4.69) is 96.4 Å². The highest BCUT2D eigenvalue weighted by molar-refractivity contribution is 6.18. The number of benzene rings is 2. The zero-order chi connectivity index (χ0) is 16.9. The van der Waals surface area contributed by atoms with Gasteiger partial charge in [-0.3, -0.25) is 0 Å². The first kappa shape index (κ1) is 16.5. The number of rotatable bonds is 5. The van der Waals surface area contributed by atoms with Crippen LogP contribution in [0.2, 0.25) is 0 Å². The molecule has 0 radical (unpaired) electrons. The molecule has 2 nitrogen and oxygen atoms in total. The Morgan fingerprint density at radius 1 is 0.958 bits per heavy atom. The Kier molecular flexibility index (Phi) is 5.17. The first-order valence-corrected chi connectivity index (χ1v) is 8.65. The number of aryl methyl sites for hydroxylation is 1. The van der Waals surface area contributed by atoms with Crippen molar-refractivity contribution >= 4 is 40.3 Å². The number of hydrogen-bond donors (Lipinski definition) is 0. The van der Waals surface area contributed by atoms with Gasteiger partial charge in [0.2, 0.25) is 11.2 Å². The number of hydrogen-bond acceptors (Lipinski definition) is 1. The van der Waals surface area contributed by atoms with Gasteiger partial charge in [-0.15, -0.1) is 11.6 Å². The summed E-state index contributed by atoms with van der Waals surface area (Å²) in [5.41, 5.74) is 4.78. The summed E-state index contributed by atoms with van der Waals surface area (Å²) >= 11 is 5.80. The summed E-state index contributed by atoms with van der Waals surface area (Å²) in [6.45, 7) is 0.851. The molecule has 1 heterocycles. The number of halogens is 1. The molecule has 0 bridgehead atoms. The molecular formula is C21H22ClN2+. The van der Waals surface area contributed by atoms with Crippen molar-refractivity contribution in [1.82, 2.24) is 0 Å². The summed E-state index contributed by atoms with van der Waals surface area (Å²) in [4.78, 5) is 2.16. The van der Waals surface area contributed by atoms with Gasteiger partial charge in [-0.05, 0) is 35.9 Å². The third kappa shape index (κ3) is 3.60. The van der Waals surface area contributed by atoms with Gasteiger partial charge in [-0.2, -0.15) is 4.57 Å². The molecule has 0 N–H and O–H groups in total. The predicted octanol–water partition coefficient (Wildman–Crippen LogP) is 4.51. The van der Waals surface area contributed by atoms with Gasteiger partial charge >= 0.3 is 0 Å². The molecule has 122 valence electrons. The SMILES string of the molecule is CN(CCCl)c1ccc(/C=C/c2ccc3ccccc3[n+]2C)cc1. The monoisotopic (exact) mass is 337 g/mol. The van der Waals surface area contributed by atoms with Crippen LogP contribution in [0.25, 0.3) is 23.1 Å². The van der Waals surface area contributed by atoms with E-state index in [-0.39, 0.29) is 0 Å². The zero-order valence-corrected chi connectivity index (χ0v) is 14.9. The Labute approximate surface area is 148 Å². The van der Waals surface area contributed by atoms with E-state index in [1.165, 1.54) is 27.8 Å². The number of aromatic nitrogens is 1. The van der Waals surface area contributed by atoms with E-state index in [9.17, 15) is 0 Å².